The van der Waals surface area contributed by atoms with Gasteiger partial charge in [-0.15, -0.1) is 0 Å². The number of nitrogens with one attached hydrogen (secondary N) is 1. The second-order valence-corrected chi connectivity index (χ2v) is 2.76. The maximum Gasteiger partial charge on any atom is 1.00 e. The molecule has 0 aromatic rings. The summed E-state index contributed by atoms with van der Waals surface area (Å²) >= 11 is 0. The molecule has 0 aliphatic heterocycles. The van der Waals surface area contributed by atoms with Crippen LogP contribution in [0.5, 0.6) is 0 Å². The zero-order valence-corrected chi connectivity index (χ0v) is 12.3. The predicted octanol–water partition coefficient (Wildman–Crippen LogP) is -4.30. The van der Waals surface area contributed by atoms with Crippen LogP contribution >= 0.6 is 0 Å². The summed E-state index contributed by atoms with van der Waals surface area (Å²) in [5.41, 5.74) is 0. The van der Waals surface area contributed by atoms with Crippen LogP contribution in [-0.4, -0.2) is 46.2 Å². The van der Waals surface area contributed by atoms with E-state index in [1.807, 2.05) is 0 Å². The van der Waals surface area contributed by atoms with Crippen LogP contribution in [0.3, 0.4) is 0 Å². The summed E-state index contributed by atoms with van der Waals surface area (Å²) < 4.78 is 0. The molecule has 0 saturated carbocycles. The van der Waals surface area contributed by atoms with Gasteiger partial charge < -0.3 is 9.80 Å². The molecular weight excluding hydrogens is 186 g/mol. The summed E-state index contributed by atoms with van der Waals surface area (Å²) in [5.74, 6) is 0. The van der Waals surface area contributed by atoms with Crippen molar-refractivity contribution in [3.8, 4) is 0 Å². The maximum atomic E-state index is 2.20. The Hall–Kier alpha value is 1.73. The van der Waals surface area contributed by atoms with Gasteiger partial charge in [-0.05, 0) is 14.1 Å². The molecule has 0 atom stereocenters. The van der Waals surface area contributed by atoms with E-state index in [-0.39, 0.29) is 58.2 Å². The number of rotatable bonds is 3. The number of nitrogens with zero attached hydrogens (tertiary/aromatic N) is 1. The van der Waals surface area contributed by atoms with Gasteiger partial charge in [0.1, 0.15) is 0 Å². The van der Waals surface area contributed by atoms with Gasteiger partial charge in [-0.2, -0.15) is 0 Å². The van der Waals surface area contributed by atoms with Crippen molar-refractivity contribution in [3.05, 3.63) is 0 Å². The fourth-order valence-corrected chi connectivity index (χ4v) is 0.447. The molecule has 0 spiro atoms. The Labute approximate surface area is 107 Å². The van der Waals surface area contributed by atoms with Gasteiger partial charge in [0.15, 0.2) is 0 Å². The molecule has 3 heteroatoms. The molecule has 0 amide bonds. The van der Waals surface area contributed by atoms with E-state index in [4.69, 9.17) is 0 Å². The number of quaternary nitrogens is 1. The molecule has 0 heterocycles. The van der Waals surface area contributed by atoms with Crippen molar-refractivity contribution in [1.82, 2.24) is 4.90 Å². The van der Waals surface area contributed by atoms with E-state index in [1.165, 1.54) is 18.0 Å². The summed E-state index contributed by atoms with van der Waals surface area (Å²) in [7, 11) is 8.54. The van der Waals surface area contributed by atoms with Gasteiger partial charge >= 0.3 is 58.2 Å². The molecule has 0 unspecified atom stereocenters. The third-order valence-corrected chi connectivity index (χ3v) is 1.06. The smallest absolute Gasteiger partial charge is 0.339 e. The maximum absolute atomic E-state index is 2.20. The summed E-state index contributed by atoms with van der Waals surface area (Å²) in [5, 5.41) is 0. The number of hydrogen-bond acceptors (Lipinski definition) is 1. The fraction of sp³-hybridized carbons (Fsp3) is 1.00. The Bertz CT molecular complexity index is 47.0. The van der Waals surface area contributed by atoms with Gasteiger partial charge in [-0.1, -0.05) is 0 Å². The van der Waals surface area contributed by atoms with Crippen LogP contribution in [0.25, 0.3) is 0 Å². The molecule has 0 aromatic carbocycles. The molecule has 50 valence electrons. The van der Waals surface area contributed by atoms with E-state index in [1.54, 1.807) is 0 Å². The molecular formula is C6H17N2Rb+2. The Kier molecular flexibility index (Phi) is 11.6. The minimum Gasteiger partial charge on any atom is -0.339 e. The Morgan fingerprint density at radius 2 is 1.67 bits per heavy atom. The van der Waals surface area contributed by atoms with Crippen LogP contribution in [0.4, 0.5) is 0 Å². The first-order valence-electron chi connectivity index (χ1n) is 3.06. The molecule has 1 N–H and O–H groups in total. The summed E-state index contributed by atoms with van der Waals surface area (Å²) in [4.78, 5) is 3.71. The topological polar surface area (TPSA) is 7.68 Å². The molecule has 0 fully saturated rings. The van der Waals surface area contributed by atoms with Crippen LogP contribution in [0.2, 0.25) is 0 Å². The SMILES string of the molecule is CN(C)CC[NH+](C)C.[Rb+]. The Morgan fingerprint density at radius 3 is 1.78 bits per heavy atom. The van der Waals surface area contributed by atoms with E-state index < -0.39 is 0 Å². The molecule has 9 heavy (non-hydrogen) atoms. The van der Waals surface area contributed by atoms with Crippen LogP contribution in [0.15, 0.2) is 0 Å². The minimum atomic E-state index is 0. The number of likely N-dealkylation sites (N-methyl/N-ethyl adjacent to an activating group) is 2. The minimum absolute atomic E-state index is 0. The van der Waals surface area contributed by atoms with Crippen molar-refractivity contribution >= 4 is 0 Å². The zero-order valence-electron chi connectivity index (χ0n) is 7.36. The molecule has 0 aliphatic carbocycles. The number of hydrogen-bond donors (Lipinski definition) is 1. The standard InChI is InChI=1S/C6H16N2.Rb/c1-7(2)5-6-8(3)4;/h5-6H2,1-4H3;/q;+1/p+1. The monoisotopic (exact) mass is 202 g/mol. The van der Waals surface area contributed by atoms with Crippen LogP contribution in [-0.2, 0) is 0 Å². The van der Waals surface area contributed by atoms with Crippen molar-refractivity contribution < 1.29 is 63.1 Å². The summed E-state index contributed by atoms with van der Waals surface area (Å²) in [6.45, 7) is 2.41. The van der Waals surface area contributed by atoms with Gasteiger partial charge in [-0.25, -0.2) is 0 Å². The second-order valence-electron chi connectivity index (χ2n) is 2.76. The largest absolute Gasteiger partial charge is 1.00 e. The van der Waals surface area contributed by atoms with Gasteiger partial charge in [0.25, 0.3) is 0 Å². The molecule has 0 saturated heterocycles. The molecule has 0 aliphatic rings. The van der Waals surface area contributed by atoms with E-state index >= 15 is 0 Å². The van der Waals surface area contributed by atoms with Crippen LogP contribution in [0.1, 0.15) is 0 Å². The van der Waals surface area contributed by atoms with E-state index in [0.29, 0.717) is 0 Å². The van der Waals surface area contributed by atoms with Gasteiger partial charge in [0, 0.05) is 6.54 Å². The first-order valence-corrected chi connectivity index (χ1v) is 3.06. The molecule has 0 rings (SSSR count). The Balaban J connectivity index is 0. The van der Waals surface area contributed by atoms with Crippen molar-refractivity contribution in [3.63, 3.8) is 0 Å². The fourth-order valence-electron chi connectivity index (χ4n) is 0.447. The quantitative estimate of drug-likeness (QED) is 0.487. The predicted molar refractivity (Wildman–Crippen MR) is 36.2 cm³/mol. The van der Waals surface area contributed by atoms with E-state index in [0.717, 1.165) is 0 Å². The average Bonchev–Trinajstić information content (AvgIpc) is 1.61. The first kappa shape index (κ1) is 13.3. The van der Waals surface area contributed by atoms with Crippen LogP contribution in [0, 0.1) is 0 Å². The van der Waals surface area contributed by atoms with Crippen molar-refractivity contribution in [2.45, 2.75) is 0 Å². The van der Waals surface area contributed by atoms with Crippen molar-refractivity contribution in [1.29, 1.82) is 0 Å². The molecule has 2 nitrogen and oxygen atoms in total. The zero-order chi connectivity index (χ0) is 6.57. The summed E-state index contributed by atoms with van der Waals surface area (Å²) in [6.07, 6.45) is 0. The van der Waals surface area contributed by atoms with Gasteiger partial charge in [-0.3, -0.25) is 0 Å². The third-order valence-electron chi connectivity index (χ3n) is 1.06. The normalized spacial score (nSPS) is 10.0. The molecule has 0 aromatic heterocycles. The second kappa shape index (κ2) is 7.83. The van der Waals surface area contributed by atoms with Gasteiger partial charge in [0.05, 0.1) is 20.6 Å². The van der Waals surface area contributed by atoms with E-state index in [9.17, 15) is 0 Å². The van der Waals surface area contributed by atoms with Crippen molar-refractivity contribution in [2.24, 2.45) is 0 Å². The third kappa shape index (κ3) is 12.8. The summed E-state index contributed by atoms with van der Waals surface area (Å²) in [6, 6.07) is 0. The molecule has 0 radical (unpaired) electrons. The first-order chi connectivity index (χ1) is 3.63. The Morgan fingerprint density at radius 1 is 1.22 bits per heavy atom. The van der Waals surface area contributed by atoms with Crippen LogP contribution < -0.4 is 63.1 Å². The van der Waals surface area contributed by atoms with E-state index in [2.05, 4.69) is 33.1 Å². The average molecular weight is 203 g/mol. The van der Waals surface area contributed by atoms with Crippen molar-refractivity contribution in [2.75, 3.05) is 41.3 Å². The molecule has 0 bridgehead atoms. The van der Waals surface area contributed by atoms with Gasteiger partial charge in [0.2, 0.25) is 0 Å².